The van der Waals surface area contributed by atoms with Crippen molar-refractivity contribution >= 4 is 33.9 Å². The molecule has 1 amide bonds. The number of aliphatic imine (C=N–C) groups is 1. The lowest BCUT2D eigenvalue weighted by molar-refractivity contribution is -0.116. The van der Waals surface area contributed by atoms with E-state index in [1.54, 1.807) is 32.1 Å². The molecule has 8 heteroatoms. The summed E-state index contributed by atoms with van der Waals surface area (Å²) >= 11 is 0. The van der Waals surface area contributed by atoms with Crippen molar-refractivity contribution in [2.75, 3.05) is 46.3 Å². The van der Waals surface area contributed by atoms with Gasteiger partial charge in [0.15, 0.2) is 17.4 Å². The lowest BCUT2D eigenvalue weighted by Crippen LogP contribution is -2.31. The molecular formula is C26H34N4O4. The zero-order valence-corrected chi connectivity index (χ0v) is 20.8. The molecule has 0 unspecified atom stereocenters. The van der Waals surface area contributed by atoms with Crippen molar-refractivity contribution in [2.45, 2.75) is 26.7 Å². The summed E-state index contributed by atoms with van der Waals surface area (Å²) in [6, 6.07) is 11.2. The third-order valence-electron chi connectivity index (χ3n) is 5.70. The van der Waals surface area contributed by atoms with Crippen LogP contribution >= 0.6 is 0 Å². The van der Waals surface area contributed by atoms with E-state index in [0.717, 1.165) is 41.0 Å². The van der Waals surface area contributed by atoms with Gasteiger partial charge in [-0.05, 0) is 63.8 Å². The quantitative estimate of drug-likeness (QED) is 0.422. The molecule has 0 fully saturated rings. The van der Waals surface area contributed by atoms with E-state index in [1.165, 1.54) is 0 Å². The minimum Gasteiger partial charge on any atom is -0.494 e. The van der Waals surface area contributed by atoms with Crippen LogP contribution in [0.3, 0.4) is 0 Å². The molecule has 0 aliphatic heterocycles. The van der Waals surface area contributed by atoms with E-state index in [4.69, 9.17) is 14.5 Å². The summed E-state index contributed by atoms with van der Waals surface area (Å²) in [6.45, 7) is 5.15. The number of amides is 1. The number of ether oxygens (including phenoxy) is 2. The van der Waals surface area contributed by atoms with Crippen molar-refractivity contribution < 1.29 is 19.4 Å². The number of fused-ring (bicyclic) bond motifs is 1. The fourth-order valence-electron chi connectivity index (χ4n) is 3.99. The van der Waals surface area contributed by atoms with E-state index >= 15 is 0 Å². The summed E-state index contributed by atoms with van der Waals surface area (Å²) in [5, 5.41) is 11.5. The van der Waals surface area contributed by atoms with Gasteiger partial charge in [-0.3, -0.25) is 9.79 Å². The number of benzene rings is 2. The monoisotopic (exact) mass is 466 g/mol. The van der Waals surface area contributed by atoms with Gasteiger partial charge < -0.3 is 29.4 Å². The zero-order valence-electron chi connectivity index (χ0n) is 20.8. The van der Waals surface area contributed by atoms with Crippen LogP contribution in [-0.4, -0.2) is 68.0 Å². The Morgan fingerprint density at radius 2 is 1.71 bits per heavy atom. The van der Waals surface area contributed by atoms with Crippen molar-refractivity contribution in [1.29, 1.82) is 0 Å². The highest BCUT2D eigenvalue weighted by Gasteiger charge is 2.19. The summed E-state index contributed by atoms with van der Waals surface area (Å²) in [5.41, 5.74) is 3.69. The predicted molar refractivity (Wildman–Crippen MR) is 137 cm³/mol. The van der Waals surface area contributed by atoms with Crippen LogP contribution in [0, 0.1) is 0 Å². The molecule has 0 aliphatic carbocycles. The molecule has 3 aromatic rings. The molecule has 1 heterocycles. The molecule has 34 heavy (non-hydrogen) atoms. The predicted octanol–water partition coefficient (Wildman–Crippen LogP) is 4.73. The molecule has 0 saturated carbocycles. The van der Waals surface area contributed by atoms with Crippen LogP contribution in [0.2, 0.25) is 0 Å². The molecule has 8 nitrogen and oxygen atoms in total. The Hall–Kier alpha value is -3.52. The maximum absolute atomic E-state index is 12.2. The second-order valence-corrected chi connectivity index (χ2v) is 8.36. The first-order valence-electron chi connectivity index (χ1n) is 11.4. The van der Waals surface area contributed by atoms with Gasteiger partial charge in [0.1, 0.15) is 0 Å². The standard InChI is InChI=1S/C26H34N4O4/c1-7-21(25-20-15-23(33-5)24(34-6)16-22(20)28-26(25)32)27-18-9-11-19(12-10-18)30(17(2)31)14-8-13-29(3)4/h9-12,15-16,28,32H,7-8,13-14H2,1-6H3. The molecule has 0 aliphatic rings. The Morgan fingerprint density at radius 3 is 2.26 bits per heavy atom. The van der Waals surface area contributed by atoms with E-state index in [2.05, 4.69) is 9.88 Å². The number of aromatic hydroxyl groups is 1. The third-order valence-corrected chi connectivity index (χ3v) is 5.70. The second-order valence-electron chi connectivity index (χ2n) is 8.36. The Kier molecular flexibility index (Phi) is 8.17. The first kappa shape index (κ1) is 25.1. The van der Waals surface area contributed by atoms with E-state index in [9.17, 15) is 9.90 Å². The Labute approximate surface area is 200 Å². The number of nitrogens with zero attached hydrogens (tertiary/aromatic N) is 3. The van der Waals surface area contributed by atoms with Gasteiger partial charge in [0.25, 0.3) is 0 Å². The Morgan fingerprint density at radius 1 is 1.06 bits per heavy atom. The maximum atomic E-state index is 12.2. The van der Waals surface area contributed by atoms with Gasteiger partial charge in [0, 0.05) is 30.6 Å². The van der Waals surface area contributed by atoms with Crippen LogP contribution in [0.5, 0.6) is 17.4 Å². The highest BCUT2D eigenvalue weighted by molar-refractivity contribution is 6.14. The van der Waals surface area contributed by atoms with Gasteiger partial charge >= 0.3 is 0 Å². The summed E-state index contributed by atoms with van der Waals surface area (Å²) in [7, 11) is 7.20. The third kappa shape index (κ3) is 5.51. The number of anilines is 1. The molecule has 0 atom stereocenters. The van der Waals surface area contributed by atoms with E-state index in [0.29, 0.717) is 30.0 Å². The van der Waals surface area contributed by atoms with Gasteiger partial charge in [-0.25, -0.2) is 0 Å². The number of hydrogen-bond donors (Lipinski definition) is 2. The lowest BCUT2D eigenvalue weighted by Gasteiger charge is -2.22. The summed E-state index contributed by atoms with van der Waals surface area (Å²) in [5.74, 6) is 1.21. The molecule has 0 bridgehead atoms. The van der Waals surface area contributed by atoms with Crippen LogP contribution in [-0.2, 0) is 4.79 Å². The number of methoxy groups -OCH3 is 2. The van der Waals surface area contributed by atoms with E-state index in [1.807, 2.05) is 51.4 Å². The number of H-pyrrole nitrogens is 1. The molecule has 0 spiro atoms. The first-order chi connectivity index (χ1) is 16.3. The first-order valence-corrected chi connectivity index (χ1v) is 11.4. The molecule has 3 rings (SSSR count). The highest BCUT2D eigenvalue weighted by Crippen LogP contribution is 2.37. The smallest absolute Gasteiger partial charge is 0.223 e. The molecule has 0 saturated heterocycles. The van der Waals surface area contributed by atoms with Crippen LogP contribution < -0.4 is 14.4 Å². The van der Waals surface area contributed by atoms with Crippen LogP contribution in [0.25, 0.3) is 10.9 Å². The number of aromatic nitrogens is 1. The highest BCUT2D eigenvalue weighted by atomic mass is 16.5. The summed E-state index contributed by atoms with van der Waals surface area (Å²) in [4.78, 5) is 23.9. The normalized spacial score (nSPS) is 11.8. The second kappa shape index (κ2) is 11.1. The number of carbonyl (C=O) groups is 1. The molecule has 2 N–H and O–H groups in total. The van der Waals surface area contributed by atoms with Gasteiger partial charge in [0.05, 0.1) is 36.7 Å². The van der Waals surface area contributed by atoms with Crippen LogP contribution in [0.4, 0.5) is 11.4 Å². The van der Waals surface area contributed by atoms with E-state index < -0.39 is 0 Å². The summed E-state index contributed by atoms with van der Waals surface area (Å²) < 4.78 is 10.8. The topological polar surface area (TPSA) is 90.4 Å². The van der Waals surface area contributed by atoms with Crippen molar-refractivity contribution in [1.82, 2.24) is 9.88 Å². The fraction of sp³-hybridized carbons (Fsp3) is 0.385. The minimum atomic E-state index is 0.0114. The zero-order chi connectivity index (χ0) is 24.8. The molecule has 182 valence electrons. The van der Waals surface area contributed by atoms with Crippen molar-refractivity contribution in [3.63, 3.8) is 0 Å². The Balaban J connectivity index is 1.93. The fourth-order valence-corrected chi connectivity index (χ4v) is 3.99. The average molecular weight is 467 g/mol. The van der Waals surface area contributed by atoms with Crippen LogP contribution in [0.15, 0.2) is 41.4 Å². The number of aromatic amines is 1. The van der Waals surface area contributed by atoms with Gasteiger partial charge in [0.2, 0.25) is 5.91 Å². The Bertz CT molecular complexity index is 1170. The number of nitrogens with one attached hydrogen (secondary N) is 1. The number of carbonyl (C=O) groups excluding carboxylic acids is 1. The molecule has 0 radical (unpaired) electrons. The van der Waals surface area contributed by atoms with Crippen molar-refractivity contribution in [3.05, 3.63) is 42.0 Å². The lowest BCUT2D eigenvalue weighted by atomic mass is 10.1. The minimum absolute atomic E-state index is 0.0114. The average Bonchev–Trinajstić information content (AvgIpc) is 3.13. The van der Waals surface area contributed by atoms with Gasteiger partial charge in [-0.2, -0.15) is 0 Å². The van der Waals surface area contributed by atoms with Gasteiger partial charge in [-0.15, -0.1) is 0 Å². The molecule has 2 aromatic carbocycles. The van der Waals surface area contributed by atoms with E-state index in [-0.39, 0.29) is 11.8 Å². The number of rotatable bonds is 10. The number of hydrogen-bond acceptors (Lipinski definition) is 6. The summed E-state index contributed by atoms with van der Waals surface area (Å²) in [6.07, 6.45) is 1.50. The van der Waals surface area contributed by atoms with Gasteiger partial charge in [-0.1, -0.05) is 6.92 Å². The van der Waals surface area contributed by atoms with Crippen LogP contribution in [0.1, 0.15) is 32.3 Å². The SMILES string of the molecule is CCC(=Nc1ccc(N(CCCN(C)C)C(C)=O)cc1)c1c(O)[nH]c2cc(OC)c(OC)cc12. The maximum Gasteiger partial charge on any atom is 0.223 e. The molecule has 1 aromatic heterocycles. The molecular weight excluding hydrogens is 432 g/mol. The van der Waals surface area contributed by atoms with Crippen molar-refractivity contribution in [2.24, 2.45) is 4.99 Å². The van der Waals surface area contributed by atoms with Crippen molar-refractivity contribution in [3.8, 4) is 17.4 Å². The largest absolute Gasteiger partial charge is 0.494 e.